The van der Waals surface area contributed by atoms with Gasteiger partial charge in [0.05, 0.1) is 12.8 Å². The third kappa shape index (κ3) is 3.87. The van der Waals surface area contributed by atoms with Crippen LogP contribution in [-0.4, -0.2) is 34.3 Å². The molecule has 0 bridgehead atoms. The predicted molar refractivity (Wildman–Crippen MR) is 114 cm³/mol. The first-order valence-corrected chi connectivity index (χ1v) is 9.69. The summed E-state index contributed by atoms with van der Waals surface area (Å²) in [6, 6.07) is 19.9. The fraction of sp³-hybridized carbons (Fsp3) is 0.217. The smallest absolute Gasteiger partial charge is 0.269 e. The van der Waals surface area contributed by atoms with Gasteiger partial charge in [-0.05, 0) is 49.1 Å². The molecule has 0 aliphatic carbocycles. The minimum Gasteiger partial charge on any atom is -0.496 e. The van der Waals surface area contributed by atoms with Crippen LogP contribution in [0.2, 0.25) is 0 Å². The Hall–Kier alpha value is -3.54. The molecule has 1 amide bonds. The van der Waals surface area contributed by atoms with Crippen LogP contribution in [0.5, 0.6) is 5.75 Å². The second-order valence-corrected chi connectivity index (χ2v) is 6.97. The van der Waals surface area contributed by atoms with Crippen molar-refractivity contribution in [2.24, 2.45) is 0 Å². The Kier molecular flexibility index (Phi) is 5.33. The van der Waals surface area contributed by atoms with E-state index < -0.39 is 0 Å². The van der Waals surface area contributed by atoms with Crippen molar-refractivity contribution in [3.63, 3.8) is 0 Å². The number of methoxy groups -OCH3 is 1. The number of benzene rings is 2. The molecule has 0 radical (unpaired) electrons. The van der Waals surface area contributed by atoms with Gasteiger partial charge in [-0.1, -0.05) is 30.3 Å². The van der Waals surface area contributed by atoms with E-state index in [0.717, 1.165) is 24.3 Å². The molecule has 0 fully saturated rings. The van der Waals surface area contributed by atoms with E-state index in [2.05, 4.69) is 57.3 Å². The summed E-state index contributed by atoms with van der Waals surface area (Å²) < 4.78 is 7.66. The van der Waals surface area contributed by atoms with Gasteiger partial charge in [0.25, 0.3) is 5.91 Å². The van der Waals surface area contributed by atoms with Gasteiger partial charge in [0.15, 0.2) is 0 Å². The molecule has 0 saturated heterocycles. The van der Waals surface area contributed by atoms with E-state index in [1.54, 1.807) is 13.2 Å². The third-order valence-electron chi connectivity index (χ3n) is 5.07. The molecule has 0 atom stereocenters. The number of aryl methyl sites for hydroxylation is 2. The summed E-state index contributed by atoms with van der Waals surface area (Å²) in [4.78, 5) is 12.5. The molecule has 2 heterocycles. The average molecular weight is 388 g/mol. The van der Waals surface area contributed by atoms with Crippen LogP contribution >= 0.6 is 0 Å². The SMILES string of the molecule is COc1ccccc1-c1cc(C(=O)NCCCn2c(C)cc3ccccc32)[nH]n1. The Bertz CT molecular complexity index is 1140. The number of hydrogen-bond donors (Lipinski definition) is 2. The Labute approximate surface area is 169 Å². The maximum absolute atomic E-state index is 12.5. The number of ether oxygens (including phenoxy) is 1. The Morgan fingerprint density at radius 1 is 1.14 bits per heavy atom. The maximum atomic E-state index is 12.5. The standard InChI is InChI=1S/C23H24N4O2/c1-16-14-17-8-3-5-10-21(17)27(16)13-7-12-24-23(28)20-15-19(25-26-20)18-9-4-6-11-22(18)29-2/h3-6,8-11,14-15H,7,12-13H2,1-2H3,(H,24,28)(H,25,26). The molecular formula is C23H24N4O2. The molecule has 0 aliphatic heterocycles. The lowest BCUT2D eigenvalue weighted by Crippen LogP contribution is -2.25. The van der Waals surface area contributed by atoms with Crippen molar-refractivity contribution >= 4 is 16.8 Å². The van der Waals surface area contributed by atoms with Crippen LogP contribution in [0.15, 0.2) is 60.7 Å². The lowest BCUT2D eigenvalue weighted by molar-refractivity contribution is 0.0948. The van der Waals surface area contributed by atoms with Crippen molar-refractivity contribution in [3.05, 3.63) is 72.1 Å². The molecule has 29 heavy (non-hydrogen) atoms. The number of aromatic nitrogens is 3. The van der Waals surface area contributed by atoms with Gasteiger partial charge in [-0.25, -0.2) is 0 Å². The van der Waals surface area contributed by atoms with Crippen molar-refractivity contribution < 1.29 is 9.53 Å². The minimum atomic E-state index is -0.160. The fourth-order valence-electron chi connectivity index (χ4n) is 3.61. The topological polar surface area (TPSA) is 71.9 Å². The van der Waals surface area contributed by atoms with Crippen molar-refractivity contribution in [2.75, 3.05) is 13.7 Å². The number of nitrogens with zero attached hydrogens (tertiary/aromatic N) is 2. The number of fused-ring (bicyclic) bond motifs is 1. The number of H-pyrrole nitrogens is 1. The van der Waals surface area contributed by atoms with E-state index in [9.17, 15) is 4.79 Å². The van der Waals surface area contributed by atoms with Gasteiger partial charge in [-0.15, -0.1) is 0 Å². The van der Waals surface area contributed by atoms with Crippen LogP contribution in [0.25, 0.3) is 22.2 Å². The average Bonchev–Trinajstić information content (AvgIpc) is 3.36. The summed E-state index contributed by atoms with van der Waals surface area (Å²) >= 11 is 0. The molecule has 4 rings (SSSR count). The normalized spacial score (nSPS) is 11.0. The molecule has 0 saturated carbocycles. The number of nitrogens with one attached hydrogen (secondary N) is 2. The minimum absolute atomic E-state index is 0.160. The van der Waals surface area contributed by atoms with Crippen LogP contribution in [0.1, 0.15) is 22.6 Å². The summed E-state index contributed by atoms with van der Waals surface area (Å²) in [6.07, 6.45) is 0.846. The molecule has 6 nitrogen and oxygen atoms in total. The highest BCUT2D eigenvalue weighted by Gasteiger charge is 2.13. The van der Waals surface area contributed by atoms with Gasteiger partial charge in [0.1, 0.15) is 11.4 Å². The number of carbonyl (C=O) groups excluding carboxylic acids is 1. The van der Waals surface area contributed by atoms with Gasteiger partial charge in [-0.2, -0.15) is 5.10 Å². The number of amides is 1. The van der Waals surface area contributed by atoms with E-state index in [1.807, 2.05) is 24.3 Å². The largest absolute Gasteiger partial charge is 0.496 e. The molecular weight excluding hydrogens is 364 g/mol. The van der Waals surface area contributed by atoms with E-state index in [0.29, 0.717) is 17.9 Å². The Morgan fingerprint density at radius 2 is 1.93 bits per heavy atom. The van der Waals surface area contributed by atoms with Gasteiger partial charge in [0, 0.05) is 29.9 Å². The van der Waals surface area contributed by atoms with E-state index in [1.165, 1.54) is 16.6 Å². The first-order chi connectivity index (χ1) is 14.2. The van der Waals surface area contributed by atoms with Crippen molar-refractivity contribution in [1.82, 2.24) is 20.1 Å². The zero-order chi connectivity index (χ0) is 20.2. The third-order valence-corrected chi connectivity index (χ3v) is 5.07. The summed E-state index contributed by atoms with van der Waals surface area (Å²) in [5, 5.41) is 11.3. The number of aromatic amines is 1. The first-order valence-electron chi connectivity index (χ1n) is 9.69. The van der Waals surface area contributed by atoms with Crippen LogP contribution in [-0.2, 0) is 6.54 Å². The summed E-state index contributed by atoms with van der Waals surface area (Å²) in [5.74, 6) is 0.563. The molecule has 6 heteroatoms. The predicted octanol–water partition coefficient (Wildman–Crippen LogP) is 4.17. The number of rotatable bonds is 7. The van der Waals surface area contributed by atoms with E-state index >= 15 is 0 Å². The summed E-state index contributed by atoms with van der Waals surface area (Å²) in [7, 11) is 1.62. The molecule has 0 unspecified atom stereocenters. The van der Waals surface area contributed by atoms with Gasteiger partial charge in [0.2, 0.25) is 0 Å². The number of carbonyl (C=O) groups is 1. The van der Waals surface area contributed by atoms with E-state index in [4.69, 9.17) is 4.74 Å². The quantitative estimate of drug-likeness (QED) is 0.467. The van der Waals surface area contributed by atoms with Crippen molar-refractivity contribution in [3.8, 4) is 17.0 Å². The van der Waals surface area contributed by atoms with Gasteiger partial charge < -0.3 is 14.6 Å². The van der Waals surface area contributed by atoms with Crippen LogP contribution in [0, 0.1) is 6.92 Å². The van der Waals surface area contributed by atoms with Crippen LogP contribution in [0.4, 0.5) is 0 Å². The first kappa shape index (κ1) is 18.8. The molecule has 148 valence electrons. The monoisotopic (exact) mass is 388 g/mol. The Morgan fingerprint density at radius 3 is 2.79 bits per heavy atom. The Balaban J connectivity index is 1.36. The zero-order valence-corrected chi connectivity index (χ0v) is 16.6. The lowest BCUT2D eigenvalue weighted by Gasteiger charge is -2.09. The van der Waals surface area contributed by atoms with Crippen molar-refractivity contribution in [2.45, 2.75) is 19.9 Å². The maximum Gasteiger partial charge on any atom is 0.269 e. The molecule has 2 N–H and O–H groups in total. The summed E-state index contributed by atoms with van der Waals surface area (Å²) in [6.45, 7) is 3.56. The van der Waals surface area contributed by atoms with Gasteiger partial charge >= 0.3 is 0 Å². The van der Waals surface area contributed by atoms with Crippen LogP contribution < -0.4 is 10.1 Å². The fourth-order valence-corrected chi connectivity index (χ4v) is 3.61. The second kappa shape index (κ2) is 8.22. The lowest BCUT2D eigenvalue weighted by atomic mass is 10.1. The van der Waals surface area contributed by atoms with Gasteiger partial charge in [-0.3, -0.25) is 9.89 Å². The molecule has 2 aromatic carbocycles. The highest BCUT2D eigenvalue weighted by molar-refractivity contribution is 5.93. The second-order valence-electron chi connectivity index (χ2n) is 6.97. The molecule has 0 aliphatic rings. The number of hydrogen-bond acceptors (Lipinski definition) is 3. The van der Waals surface area contributed by atoms with E-state index in [-0.39, 0.29) is 5.91 Å². The van der Waals surface area contributed by atoms with Crippen LogP contribution in [0.3, 0.4) is 0 Å². The zero-order valence-electron chi connectivity index (χ0n) is 16.6. The molecule has 2 aromatic heterocycles. The molecule has 4 aromatic rings. The highest BCUT2D eigenvalue weighted by Crippen LogP contribution is 2.28. The number of para-hydroxylation sites is 2. The highest BCUT2D eigenvalue weighted by atomic mass is 16.5. The van der Waals surface area contributed by atoms with Crippen molar-refractivity contribution in [1.29, 1.82) is 0 Å². The summed E-state index contributed by atoms with van der Waals surface area (Å²) in [5.41, 5.74) is 4.43. The molecule has 0 spiro atoms.